The van der Waals surface area contributed by atoms with Crippen LogP contribution < -0.4 is 0 Å². The minimum Gasteiger partial charge on any atom is -0.383 e. The monoisotopic (exact) mass is 393 g/mol. The second-order valence-corrected chi connectivity index (χ2v) is 7.43. The van der Waals surface area contributed by atoms with E-state index in [1.54, 1.807) is 16.9 Å². The fraction of sp³-hybridized carbons (Fsp3) is 0.727. The molecular formula is C22H39N3O3. The van der Waals surface area contributed by atoms with Crippen LogP contribution in [0.3, 0.4) is 0 Å². The van der Waals surface area contributed by atoms with Gasteiger partial charge in [0.15, 0.2) is 0 Å². The van der Waals surface area contributed by atoms with Gasteiger partial charge in [0, 0.05) is 45.1 Å². The average Bonchev–Trinajstić information content (AvgIpc) is 3.09. The van der Waals surface area contributed by atoms with Crippen LogP contribution in [-0.2, 0) is 27.9 Å². The molecule has 1 atom stereocenters. The Morgan fingerprint density at radius 2 is 1.89 bits per heavy atom. The first-order valence-corrected chi connectivity index (χ1v) is 10.6. The fourth-order valence-electron chi connectivity index (χ4n) is 3.36. The van der Waals surface area contributed by atoms with E-state index >= 15 is 0 Å². The highest BCUT2D eigenvalue weighted by Gasteiger charge is 2.26. The van der Waals surface area contributed by atoms with Crippen molar-refractivity contribution in [3.8, 4) is 0 Å². The highest BCUT2D eigenvalue weighted by molar-refractivity contribution is 5.86. The molecule has 1 rings (SSSR count). The molecule has 0 aliphatic heterocycles. The van der Waals surface area contributed by atoms with Gasteiger partial charge in [-0.1, -0.05) is 33.6 Å². The van der Waals surface area contributed by atoms with E-state index in [9.17, 15) is 9.59 Å². The Balaban J connectivity index is 2.86. The summed E-state index contributed by atoms with van der Waals surface area (Å²) < 4.78 is 7.20. The molecule has 0 aromatic carbocycles. The Bertz CT molecular complexity index is 585. The zero-order valence-electron chi connectivity index (χ0n) is 18.4. The number of rotatable bonds is 14. The normalized spacial score (nSPS) is 12.0. The van der Waals surface area contributed by atoms with E-state index in [1.165, 1.54) is 0 Å². The van der Waals surface area contributed by atoms with Gasteiger partial charge in [-0.05, 0) is 31.4 Å². The molecule has 0 spiro atoms. The molecule has 0 N–H and O–H groups in total. The number of carbonyl (C=O) groups is 2. The molecule has 2 amide bonds. The summed E-state index contributed by atoms with van der Waals surface area (Å²) in [5, 5.41) is 0. The standard InChI is InChI=1S/C22H39N3O3/c1-6-9-11-19(8-3)22(27)25(13-7-2)18-21(26)24(15-16-28-5)17-20-12-10-14-23(20)4/h10,12,14,19H,6-9,11,13,15-18H2,1-5H3. The van der Waals surface area contributed by atoms with Crippen molar-refractivity contribution in [2.24, 2.45) is 13.0 Å². The molecule has 1 heterocycles. The first-order valence-electron chi connectivity index (χ1n) is 10.6. The van der Waals surface area contributed by atoms with Crippen molar-refractivity contribution in [3.05, 3.63) is 24.0 Å². The predicted octanol–water partition coefficient (Wildman–Crippen LogP) is 3.46. The van der Waals surface area contributed by atoms with Gasteiger partial charge in [-0.2, -0.15) is 0 Å². The molecule has 0 bridgehead atoms. The molecule has 160 valence electrons. The van der Waals surface area contributed by atoms with E-state index < -0.39 is 0 Å². The third-order valence-corrected chi connectivity index (χ3v) is 5.20. The lowest BCUT2D eigenvalue weighted by Crippen LogP contribution is -2.46. The topological polar surface area (TPSA) is 54.8 Å². The molecule has 0 saturated carbocycles. The lowest BCUT2D eigenvalue weighted by atomic mass is 9.97. The molecule has 1 aromatic heterocycles. The second-order valence-electron chi connectivity index (χ2n) is 7.43. The van der Waals surface area contributed by atoms with Crippen molar-refractivity contribution in [3.63, 3.8) is 0 Å². The molecule has 0 aliphatic carbocycles. The van der Waals surface area contributed by atoms with Gasteiger partial charge >= 0.3 is 0 Å². The zero-order valence-corrected chi connectivity index (χ0v) is 18.4. The molecule has 28 heavy (non-hydrogen) atoms. The number of unbranched alkanes of at least 4 members (excludes halogenated alkanes) is 1. The number of nitrogens with zero attached hydrogens (tertiary/aromatic N) is 3. The van der Waals surface area contributed by atoms with Crippen molar-refractivity contribution in [1.29, 1.82) is 0 Å². The van der Waals surface area contributed by atoms with Crippen molar-refractivity contribution < 1.29 is 14.3 Å². The van der Waals surface area contributed by atoms with Crippen molar-refractivity contribution in [2.45, 2.75) is 59.4 Å². The van der Waals surface area contributed by atoms with E-state index in [0.29, 0.717) is 26.2 Å². The van der Waals surface area contributed by atoms with Gasteiger partial charge in [-0.3, -0.25) is 9.59 Å². The lowest BCUT2D eigenvalue weighted by Gasteiger charge is -2.30. The third-order valence-electron chi connectivity index (χ3n) is 5.20. The van der Waals surface area contributed by atoms with Crippen molar-refractivity contribution in [2.75, 3.05) is 33.4 Å². The summed E-state index contributed by atoms with van der Waals surface area (Å²) in [5.41, 5.74) is 1.06. The van der Waals surface area contributed by atoms with Crippen LogP contribution in [-0.4, -0.2) is 59.5 Å². The molecule has 6 heteroatoms. The molecular weight excluding hydrogens is 354 g/mol. The van der Waals surface area contributed by atoms with Crippen molar-refractivity contribution >= 4 is 11.8 Å². The van der Waals surface area contributed by atoms with Crippen LogP contribution in [0.4, 0.5) is 0 Å². The summed E-state index contributed by atoms with van der Waals surface area (Å²) in [5.74, 6) is 0.113. The van der Waals surface area contributed by atoms with Gasteiger partial charge in [0.25, 0.3) is 0 Å². The first-order chi connectivity index (χ1) is 13.5. The minimum absolute atomic E-state index is 0.0135. The number of amides is 2. The van der Waals surface area contributed by atoms with E-state index in [-0.39, 0.29) is 24.3 Å². The minimum atomic E-state index is -0.0228. The van der Waals surface area contributed by atoms with Crippen LogP contribution in [0, 0.1) is 5.92 Å². The van der Waals surface area contributed by atoms with Crippen LogP contribution >= 0.6 is 0 Å². The molecule has 0 aliphatic rings. The zero-order chi connectivity index (χ0) is 20.9. The van der Waals surface area contributed by atoms with E-state index in [0.717, 1.165) is 37.8 Å². The third kappa shape index (κ3) is 7.66. The number of hydrogen-bond donors (Lipinski definition) is 0. The van der Waals surface area contributed by atoms with Gasteiger partial charge in [0.2, 0.25) is 11.8 Å². The Labute approximate surface area is 170 Å². The highest BCUT2D eigenvalue weighted by Crippen LogP contribution is 2.17. The largest absolute Gasteiger partial charge is 0.383 e. The second kappa shape index (κ2) is 13.4. The molecule has 6 nitrogen and oxygen atoms in total. The summed E-state index contributed by atoms with van der Waals surface area (Å²) in [4.78, 5) is 29.7. The number of hydrogen-bond acceptors (Lipinski definition) is 3. The molecule has 1 unspecified atom stereocenters. The summed E-state index contributed by atoms with van der Waals surface area (Å²) in [7, 11) is 3.61. The van der Waals surface area contributed by atoms with Crippen LogP contribution in [0.5, 0.6) is 0 Å². The first kappa shape index (κ1) is 24.2. The Hall–Kier alpha value is -1.82. The van der Waals surface area contributed by atoms with Gasteiger partial charge in [0.05, 0.1) is 19.7 Å². The van der Waals surface area contributed by atoms with Crippen molar-refractivity contribution in [1.82, 2.24) is 14.4 Å². The summed E-state index contributed by atoms with van der Waals surface area (Å²) >= 11 is 0. The molecule has 0 radical (unpaired) electrons. The summed E-state index contributed by atoms with van der Waals surface area (Å²) in [6.45, 7) is 8.52. The van der Waals surface area contributed by atoms with Crippen LogP contribution in [0.1, 0.15) is 58.6 Å². The van der Waals surface area contributed by atoms with Gasteiger partial charge in [0.1, 0.15) is 0 Å². The molecule has 0 fully saturated rings. The maximum absolute atomic E-state index is 13.1. The average molecular weight is 394 g/mol. The number of carbonyl (C=O) groups excluding carboxylic acids is 2. The Kier molecular flexibility index (Phi) is 11.6. The SMILES string of the molecule is CCCCC(CC)C(=O)N(CCC)CC(=O)N(CCOC)Cc1cccn1C. The van der Waals surface area contributed by atoms with E-state index in [4.69, 9.17) is 4.74 Å². The van der Waals surface area contributed by atoms with Crippen LogP contribution in [0.15, 0.2) is 18.3 Å². The van der Waals surface area contributed by atoms with Crippen LogP contribution in [0.2, 0.25) is 0 Å². The molecule has 0 saturated heterocycles. The number of aromatic nitrogens is 1. The number of methoxy groups -OCH3 is 1. The highest BCUT2D eigenvalue weighted by atomic mass is 16.5. The predicted molar refractivity (Wildman–Crippen MR) is 113 cm³/mol. The van der Waals surface area contributed by atoms with Gasteiger partial charge < -0.3 is 19.1 Å². The summed E-state index contributed by atoms with van der Waals surface area (Å²) in [6, 6.07) is 3.99. The maximum Gasteiger partial charge on any atom is 0.242 e. The quantitative estimate of drug-likeness (QED) is 0.486. The molecule has 1 aromatic rings. The number of ether oxygens (including phenoxy) is 1. The lowest BCUT2D eigenvalue weighted by molar-refractivity contribution is -0.143. The van der Waals surface area contributed by atoms with Crippen LogP contribution in [0.25, 0.3) is 0 Å². The number of aryl methyl sites for hydroxylation is 1. The summed E-state index contributed by atoms with van der Waals surface area (Å²) in [6.07, 6.45) is 6.67. The fourth-order valence-corrected chi connectivity index (χ4v) is 3.36. The Morgan fingerprint density at radius 3 is 2.43 bits per heavy atom. The van der Waals surface area contributed by atoms with Gasteiger partial charge in [-0.15, -0.1) is 0 Å². The van der Waals surface area contributed by atoms with Gasteiger partial charge in [-0.25, -0.2) is 0 Å². The maximum atomic E-state index is 13.1. The van der Waals surface area contributed by atoms with E-state index in [1.807, 2.05) is 36.9 Å². The Morgan fingerprint density at radius 1 is 1.14 bits per heavy atom. The smallest absolute Gasteiger partial charge is 0.242 e. The van der Waals surface area contributed by atoms with E-state index in [2.05, 4.69) is 13.8 Å².